The minimum Gasteiger partial charge on any atom is -0.391 e. The molecule has 1 N–H and O–H groups in total. The molecule has 39 heavy (non-hydrogen) atoms. The van der Waals surface area contributed by atoms with Crippen LogP contribution in [0.3, 0.4) is 0 Å². The number of hydrogen-bond donors (Lipinski definition) is 1. The molecule has 0 fully saturated rings. The summed E-state index contributed by atoms with van der Waals surface area (Å²) in [6, 6.07) is 3.34. The van der Waals surface area contributed by atoms with Crippen LogP contribution in [0.4, 0.5) is 5.69 Å². The highest BCUT2D eigenvalue weighted by atomic mass is 32.2. The van der Waals surface area contributed by atoms with Crippen LogP contribution >= 0.6 is 0 Å². The molecule has 0 aliphatic heterocycles. The largest absolute Gasteiger partial charge is 0.391 e. The fourth-order valence-corrected chi connectivity index (χ4v) is 5.88. The molecule has 1 aromatic carbocycles. The van der Waals surface area contributed by atoms with Crippen molar-refractivity contribution in [2.24, 2.45) is 0 Å². The van der Waals surface area contributed by atoms with Gasteiger partial charge in [0.25, 0.3) is 11.2 Å². The molecular formula is C28H45N3O7S. The van der Waals surface area contributed by atoms with E-state index in [2.05, 4.69) is 6.92 Å². The monoisotopic (exact) mass is 567 g/mol. The van der Waals surface area contributed by atoms with Crippen LogP contribution in [-0.4, -0.2) is 41.1 Å². The molecular weight excluding hydrogens is 522 g/mol. The van der Waals surface area contributed by atoms with Crippen molar-refractivity contribution in [3.63, 3.8) is 0 Å². The van der Waals surface area contributed by atoms with Gasteiger partial charge < -0.3 is 9.63 Å². The SMILES string of the molecule is CCCCCCCCCCCCCCCCN(C)S(=O)(=O)c1ccc(-n2oc(C)c(CO)c2=O)c([N+](=O)[O-])c1. The number of aryl methyl sites for hydroxylation is 1. The van der Waals surface area contributed by atoms with Crippen LogP contribution in [0.2, 0.25) is 0 Å². The van der Waals surface area contributed by atoms with Gasteiger partial charge in [0.2, 0.25) is 10.0 Å². The van der Waals surface area contributed by atoms with Gasteiger partial charge in [-0.1, -0.05) is 90.4 Å². The maximum atomic E-state index is 13.1. The predicted molar refractivity (Wildman–Crippen MR) is 152 cm³/mol. The van der Waals surface area contributed by atoms with Gasteiger partial charge in [-0.15, -0.1) is 4.74 Å². The lowest BCUT2D eigenvalue weighted by atomic mass is 10.0. The first-order chi connectivity index (χ1) is 18.6. The van der Waals surface area contributed by atoms with Crippen molar-refractivity contribution in [3.05, 3.63) is 50.0 Å². The topological polar surface area (TPSA) is 136 Å². The second-order valence-corrected chi connectivity index (χ2v) is 12.3. The van der Waals surface area contributed by atoms with Gasteiger partial charge in [0.05, 0.1) is 22.0 Å². The third-order valence-corrected chi connectivity index (χ3v) is 9.00. The van der Waals surface area contributed by atoms with Gasteiger partial charge >= 0.3 is 0 Å². The summed E-state index contributed by atoms with van der Waals surface area (Å²) in [5, 5.41) is 21.1. The lowest BCUT2D eigenvalue weighted by Gasteiger charge is -2.17. The van der Waals surface area contributed by atoms with E-state index in [0.717, 1.165) is 25.3 Å². The minimum absolute atomic E-state index is 0.0195. The van der Waals surface area contributed by atoms with Gasteiger partial charge in [-0.3, -0.25) is 14.9 Å². The minimum atomic E-state index is -3.96. The number of benzene rings is 1. The third kappa shape index (κ3) is 9.58. The number of sulfonamides is 1. The summed E-state index contributed by atoms with van der Waals surface area (Å²) in [6.07, 6.45) is 16.9. The van der Waals surface area contributed by atoms with Crippen LogP contribution < -0.4 is 5.56 Å². The first-order valence-electron chi connectivity index (χ1n) is 14.2. The maximum absolute atomic E-state index is 13.1. The van der Waals surface area contributed by atoms with Crippen molar-refractivity contribution in [1.82, 2.24) is 9.05 Å². The van der Waals surface area contributed by atoms with Crippen LogP contribution in [0.5, 0.6) is 0 Å². The zero-order valence-corrected chi connectivity index (χ0v) is 24.5. The van der Waals surface area contributed by atoms with Crippen LogP contribution in [0, 0.1) is 17.0 Å². The number of unbranched alkanes of at least 4 members (excludes halogenated alkanes) is 13. The molecule has 0 amide bonds. The van der Waals surface area contributed by atoms with Crippen LogP contribution in [0.1, 0.15) is 108 Å². The quantitative estimate of drug-likeness (QED) is 0.114. The average Bonchev–Trinajstić information content (AvgIpc) is 3.20. The molecule has 11 heteroatoms. The number of nitro benzene ring substituents is 1. The third-order valence-electron chi connectivity index (χ3n) is 7.15. The Balaban J connectivity index is 1.82. The molecule has 10 nitrogen and oxygen atoms in total. The van der Waals surface area contributed by atoms with Crippen LogP contribution in [0.15, 0.2) is 32.4 Å². The fourth-order valence-electron chi connectivity index (χ4n) is 4.65. The van der Waals surface area contributed by atoms with Crippen molar-refractivity contribution in [2.45, 2.75) is 115 Å². The van der Waals surface area contributed by atoms with E-state index in [9.17, 15) is 28.4 Å². The molecule has 0 saturated heterocycles. The highest BCUT2D eigenvalue weighted by Gasteiger charge is 2.27. The number of rotatable bonds is 20. The molecule has 2 rings (SSSR count). The molecule has 0 unspecified atom stereocenters. The highest BCUT2D eigenvalue weighted by Crippen LogP contribution is 2.28. The van der Waals surface area contributed by atoms with Crippen molar-refractivity contribution in [3.8, 4) is 5.69 Å². The molecule has 220 valence electrons. The standard InChI is InChI=1S/C28H45N3O7S/c1-4-5-6-7-8-9-10-11-12-13-14-15-16-17-20-29(3)39(36,37)24-18-19-26(27(21-24)31(34)35)30-28(33)25(22-32)23(2)38-30/h18-19,21,32H,4-17,20,22H2,1-3H3. The predicted octanol–water partition coefficient (Wildman–Crippen LogP) is 6.24. The molecule has 0 spiro atoms. The molecule has 0 aliphatic rings. The van der Waals surface area contributed by atoms with Crippen molar-refractivity contribution in [2.75, 3.05) is 13.6 Å². The van der Waals surface area contributed by atoms with Gasteiger partial charge in [-0.2, -0.15) is 0 Å². The molecule has 1 heterocycles. The molecule has 0 aliphatic carbocycles. The summed E-state index contributed by atoms with van der Waals surface area (Å²) >= 11 is 0. The van der Waals surface area contributed by atoms with Gasteiger partial charge in [0.15, 0.2) is 5.69 Å². The smallest absolute Gasteiger partial charge is 0.297 e. The Morgan fingerprint density at radius 1 is 0.949 bits per heavy atom. The van der Waals surface area contributed by atoms with E-state index in [0.29, 0.717) is 17.7 Å². The Hall–Kier alpha value is -2.50. The van der Waals surface area contributed by atoms with E-state index >= 15 is 0 Å². The lowest BCUT2D eigenvalue weighted by Crippen LogP contribution is -2.28. The molecule has 0 bridgehead atoms. The fraction of sp³-hybridized carbons (Fsp3) is 0.679. The number of nitrogens with zero attached hydrogens (tertiary/aromatic N) is 3. The van der Waals surface area contributed by atoms with Crippen molar-refractivity contribution < 1.29 is 23.0 Å². The van der Waals surface area contributed by atoms with Gasteiger partial charge in [0.1, 0.15) is 5.76 Å². The van der Waals surface area contributed by atoms with E-state index in [1.807, 2.05) is 0 Å². The Bertz CT molecular complexity index is 1200. The average molecular weight is 568 g/mol. The summed E-state index contributed by atoms with van der Waals surface area (Å²) in [6.45, 7) is 3.43. The normalized spacial score (nSPS) is 11.9. The van der Waals surface area contributed by atoms with E-state index in [1.165, 1.54) is 94.6 Å². The number of aliphatic hydroxyl groups excluding tert-OH is 1. The van der Waals surface area contributed by atoms with Gasteiger partial charge in [-0.05, 0) is 25.5 Å². The molecule has 0 saturated carbocycles. The number of aromatic nitrogens is 1. The van der Waals surface area contributed by atoms with Gasteiger partial charge in [0, 0.05) is 19.7 Å². The highest BCUT2D eigenvalue weighted by molar-refractivity contribution is 7.89. The molecule has 2 aromatic rings. The second-order valence-electron chi connectivity index (χ2n) is 10.2. The summed E-state index contributed by atoms with van der Waals surface area (Å²) in [4.78, 5) is 23.2. The Labute approximate surface area is 232 Å². The second kappa shape index (κ2) is 16.6. The van der Waals surface area contributed by atoms with Crippen molar-refractivity contribution in [1.29, 1.82) is 0 Å². The lowest BCUT2D eigenvalue weighted by molar-refractivity contribution is -0.385. The van der Waals surface area contributed by atoms with Crippen molar-refractivity contribution >= 4 is 15.7 Å². The van der Waals surface area contributed by atoms with E-state index < -0.39 is 32.8 Å². The first kappa shape index (κ1) is 32.7. The summed E-state index contributed by atoms with van der Waals surface area (Å²) in [5.41, 5.74) is -1.54. The zero-order chi connectivity index (χ0) is 28.8. The number of hydrogen-bond acceptors (Lipinski definition) is 7. The Kier molecular flexibility index (Phi) is 13.9. The zero-order valence-electron chi connectivity index (χ0n) is 23.7. The Morgan fingerprint density at radius 2 is 1.46 bits per heavy atom. The van der Waals surface area contributed by atoms with E-state index in [4.69, 9.17) is 4.52 Å². The summed E-state index contributed by atoms with van der Waals surface area (Å²) < 4.78 is 33.3. The first-order valence-corrected chi connectivity index (χ1v) is 15.7. The number of nitro groups is 1. The number of aliphatic hydroxyl groups is 1. The molecule has 1 aromatic heterocycles. The van der Waals surface area contributed by atoms with Crippen LogP contribution in [-0.2, 0) is 16.6 Å². The van der Waals surface area contributed by atoms with Crippen LogP contribution in [0.25, 0.3) is 5.69 Å². The summed E-state index contributed by atoms with van der Waals surface area (Å²) in [5.74, 6) is 0.126. The molecule has 0 atom stereocenters. The molecule has 0 radical (unpaired) electrons. The maximum Gasteiger partial charge on any atom is 0.297 e. The Morgan fingerprint density at radius 3 is 1.92 bits per heavy atom. The van der Waals surface area contributed by atoms with E-state index in [-0.39, 0.29) is 21.9 Å². The summed E-state index contributed by atoms with van der Waals surface area (Å²) in [7, 11) is -2.50. The van der Waals surface area contributed by atoms with E-state index in [1.54, 1.807) is 0 Å². The van der Waals surface area contributed by atoms with Gasteiger partial charge in [-0.25, -0.2) is 12.7 Å².